The molecule has 4 nitrogen and oxygen atoms in total. The van der Waals surface area contributed by atoms with Crippen LogP contribution < -0.4 is 5.32 Å². The zero-order valence-electron chi connectivity index (χ0n) is 12.8. The van der Waals surface area contributed by atoms with E-state index in [0.29, 0.717) is 0 Å². The van der Waals surface area contributed by atoms with Crippen molar-refractivity contribution in [3.8, 4) is 0 Å². The van der Waals surface area contributed by atoms with Crippen molar-refractivity contribution in [1.82, 2.24) is 4.90 Å². The number of ether oxygens (including phenoxy) is 1. The Hall–Kier alpha value is -1.36. The molecular weight excluding hydrogens is 284 g/mol. The molecule has 1 amide bonds. The maximum atomic E-state index is 12.4. The van der Waals surface area contributed by atoms with Gasteiger partial charge in [-0.2, -0.15) is 0 Å². The van der Waals surface area contributed by atoms with Gasteiger partial charge in [0.15, 0.2) is 0 Å². The quantitative estimate of drug-likeness (QED) is 0.853. The van der Waals surface area contributed by atoms with Crippen LogP contribution in [0.2, 0.25) is 0 Å². The third kappa shape index (κ3) is 3.12. The van der Waals surface area contributed by atoms with Crippen molar-refractivity contribution < 1.29 is 9.53 Å². The number of hydrogen-bond donors (Lipinski definition) is 1. The minimum Gasteiger partial charge on any atom is -0.444 e. The Labute approximate surface area is 130 Å². The predicted octanol–water partition coefficient (Wildman–Crippen LogP) is 3.93. The summed E-state index contributed by atoms with van der Waals surface area (Å²) in [4.78, 5) is 15.5. The lowest BCUT2D eigenvalue weighted by Crippen LogP contribution is -2.45. The summed E-state index contributed by atoms with van der Waals surface area (Å²) >= 11 is 1.81. The van der Waals surface area contributed by atoms with E-state index in [1.807, 2.05) is 43.5 Å². The molecule has 0 aliphatic carbocycles. The maximum Gasteiger partial charge on any atom is 0.410 e. The molecule has 0 saturated carbocycles. The van der Waals surface area contributed by atoms with Crippen LogP contribution in [0.15, 0.2) is 29.2 Å². The highest BCUT2D eigenvalue weighted by molar-refractivity contribution is 8.00. The third-order valence-corrected chi connectivity index (χ3v) is 5.01. The molecule has 0 spiro atoms. The van der Waals surface area contributed by atoms with Gasteiger partial charge in [-0.25, -0.2) is 4.79 Å². The summed E-state index contributed by atoms with van der Waals surface area (Å²) in [6, 6.07) is 8.50. The second-order valence-electron chi connectivity index (χ2n) is 6.56. The van der Waals surface area contributed by atoms with E-state index in [-0.39, 0.29) is 17.5 Å². The number of anilines is 1. The van der Waals surface area contributed by atoms with Crippen LogP contribution in [0.3, 0.4) is 0 Å². The number of carbonyl (C=O) groups is 1. The summed E-state index contributed by atoms with van der Waals surface area (Å²) in [7, 11) is 0. The largest absolute Gasteiger partial charge is 0.444 e. The Morgan fingerprint density at radius 1 is 1.38 bits per heavy atom. The second kappa shape index (κ2) is 5.44. The highest BCUT2D eigenvalue weighted by Crippen LogP contribution is 2.42. The molecule has 0 bridgehead atoms. The molecule has 1 N–H and O–H groups in total. The minimum absolute atomic E-state index is 0.191. The average Bonchev–Trinajstić information content (AvgIpc) is 3.02. The number of rotatable bonds is 1. The van der Waals surface area contributed by atoms with Gasteiger partial charge in [-0.1, -0.05) is 23.9 Å². The Morgan fingerprint density at radius 2 is 2.14 bits per heavy atom. The van der Waals surface area contributed by atoms with Gasteiger partial charge < -0.3 is 15.0 Å². The van der Waals surface area contributed by atoms with Gasteiger partial charge in [0.25, 0.3) is 0 Å². The molecule has 5 heteroatoms. The monoisotopic (exact) mass is 306 g/mol. The molecule has 2 heterocycles. The summed E-state index contributed by atoms with van der Waals surface area (Å²) in [6.07, 6.45) is 1.88. The van der Waals surface area contributed by atoms with Crippen molar-refractivity contribution in [2.45, 2.75) is 55.5 Å². The summed E-state index contributed by atoms with van der Waals surface area (Å²) in [5.74, 6) is 0. The van der Waals surface area contributed by atoms with Crippen LogP contribution >= 0.6 is 11.8 Å². The number of carbonyl (C=O) groups excluding carboxylic acids is 1. The van der Waals surface area contributed by atoms with E-state index in [9.17, 15) is 4.79 Å². The second-order valence-corrected chi connectivity index (χ2v) is 7.75. The first-order chi connectivity index (χ1) is 9.94. The van der Waals surface area contributed by atoms with Crippen molar-refractivity contribution in [1.29, 1.82) is 0 Å². The number of para-hydroxylation sites is 1. The fourth-order valence-corrected chi connectivity index (χ4v) is 4.15. The third-order valence-electron chi connectivity index (χ3n) is 3.72. The molecule has 2 aliphatic heterocycles. The van der Waals surface area contributed by atoms with Gasteiger partial charge in [-0.3, -0.25) is 0 Å². The number of thioether (sulfide) groups is 1. The number of likely N-dealkylation sites (tertiary alicyclic amines) is 1. The fraction of sp³-hybridized carbons (Fsp3) is 0.562. The number of hydrogen-bond acceptors (Lipinski definition) is 4. The molecule has 3 rings (SSSR count). The first kappa shape index (κ1) is 14.6. The van der Waals surface area contributed by atoms with E-state index in [1.54, 1.807) is 0 Å². The summed E-state index contributed by atoms with van der Waals surface area (Å²) in [5, 5.41) is 3.76. The van der Waals surface area contributed by atoms with E-state index < -0.39 is 5.60 Å². The Kier molecular flexibility index (Phi) is 3.78. The average molecular weight is 306 g/mol. The van der Waals surface area contributed by atoms with Crippen molar-refractivity contribution in [3.05, 3.63) is 24.3 Å². The first-order valence-corrected chi connectivity index (χ1v) is 8.34. The minimum atomic E-state index is -0.441. The molecule has 1 fully saturated rings. The number of fused-ring (bicyclic) bond motifs is 1. The lowest BCUT2D eigenvalue weighted by Gasteiger charge is -2.31. The molecule has 1 aromatic rings. The van der Waals surface area contributed by atoms with Crippen molar-refractivity contribution >= 4 is 23.5 Å². The Bertz CT molecular complexity index is 516. The van der Waals surface area contributed by atoms with Crippen molar-refractivity contribution in [2.24, 2.45) is 0 Å². The summed E-state index contributed by atoms with van der Waals surface area (Å²) in [5.41, 5.74) is 0.729. The predicted molar refractivity (Wildman–Crippen MR) is 85.7 cm³/mol. The summed E-state index contributed by atoms with van der Waals surface area (Å²) < 4.78 is 5.54. The summed E-state index contributed by atoms with van der Waals surface area (Å²) in [6.45, 7) is 6.52. The molecule has 1 unspecified atom stereocenters. The molecule has 2 aliphatic rings. The van der Waals surface area contributed by atoms with Crippen LogP contribution in [0.25, 0.3) is 0 Å². The molecule has 21 heavy (non-hydrogen) atoms. The molecule has 1 aromatic carbocycles. The number of nitrogens with one attached hydrogen (secondary N) is 1. The molecule has 0 radical (unpaired) electrons. The van der Waals surface area contributed by atoms with Crippen LogP contribution in [0.5, 0.6) is 0 Å². The van der Waals surface area contributed by atoms with Gasteiger partial charge in [-0.15, -0.1) is 0 Å². The topological polar surface area (TPSA) is 41.6 Å². The van der Waals surface area contributed by atoms with Gasteiger partial charge in [-0.05, 0) is 45.7 Å². The van der Waals surface area contributed by atoms with Gasteiger partial charge in [0.2, 0.25) is 0 Å². The van der Waals surface area contributed by atoms with E-state index in [0.717, 1.165) is 19.4 Å². The maximum absolute atomic E-state index is 12.4. The molecule has 2 atom stereocenters. The van der Waals surface area contributed by atoms with E-state index >= 15 is 0 Å². The zero-order valence-corrected chi connectivity index (χ0v) is 13.6. The van der Waals surface area contributed by atoms with Gasteiger partial charge >= 0.3 is 6.09 Å². The standard InChI is InChI=1S/C16H22N2O2S/c1-16(2,3)20-15(19)18-10-6-8-12(18)14-17-11-7-4-5-9-13(11)21-14/h4-5,7,9,12,14,17H,6,8,10H2,1-3H3/t12?,14-/m0/s1. The molecular formula is C16H22N2O2S. The SMILES string of the molecule is CC(C)(C)OC(=O)N1CCCC1[C@H]1Nc2ccccc2S1. The van der Waals surface area contributed by atoms with Crippen LogP contribution in [0.1, 0.15) is 33.6 Å². The van der Waals surface area contributed by atoms with E-state index in [2.05, 4.69) is 23.5 Å². The smallest absolute Gasteiger partial charge is 0.410 e. The lowest BCUT2D eigenvalue weighted by molar-refractivity contribution is 0.0229. The fourth-order valence-electron chi connectivity index (χ4n) is 2.84. The molecule has 0 aromatic heterocycles. The van der Waals surface area contributed by atoms with Gasteiger partial charge in [0.1, 0.15) is 5.60 Å². The zero-order chi connectivity index (χ0) is 15.0. The van der Waals surface area contributed by atoms with Crippen molar-refractivity contribution in [3.63, 3.8) is 0 Å². The lowest BCUT2D eigenvalue weighted by atomic mass is 10.2. The first-order valence-electron chi connectivity index (χ1n) is 7.46. The van der Waals surface area contributed by atoms with Crippen molar-refractivity contribution in [2.75, 3.05) is 11.9 Å². The van der Waals surface area contributed by atoms with Gasteiger partial charge in [0, 0.05) is 17.1 Å². The van der Waals surface area contributed by atoms with Crippen LogP contribution in [-0.4, -0.2) is 34.6 Å². The Morgan fingerprint density at radius 3 is 2.86 bits per heavy atom. The van der Waals surface area contributed by atoms with Crippen LogP contribution in [0, 0.1) is 0 Å². The molecule has 1 saturated heterocycles. The van der Waals surface area contributed by atoms with Gasteiger partial charge in [0.05, 0.1) is 11.4 Å². The van der Waals surface area contributed by atoms with E-state index in [1.165, 1.54) is 10.6 Å². The van der Waals surface area contributed by atoms with Crippen LogP contribution in [-0.2, 0) is 4.74 Å². The number of amides is 1. The normalized spacial score (nSPS) is 24.6. The van der Waals surface area contributed by atoms with Crippen LogP contribution in [0.4, 0.5) is 10.5 Å². The highest BCUT2D eigenvalue weighted by Gasteiger charge is 2.39. The van der Waals surface area contributed by atoms with E-state index in [4.69, 9.17) is 4.74 Å². The highest BCUT2D eigenvalue weighted by atomic mass is 32.2. The number of nitrogens with zero attached hydrogens (tertiary/aromatic N) is 1. The Balaban J connectivity index is 1.70. The number of benzene rings is 1. The molecule has 114 valence electrons.